The van der Waals surface area contributed by atoms with Crippen molar-refractivity contribution in [3.8, 4) is 0 Å². The van der Waals surface area contributed by atoms with E-state index in [1.165, 1.54) is 11.0 Å². The van der Waals surface area contributed by atoms with Crippen LogP contribution in [0.4, 0.5) is 0 Å². The summed E-state index contributed by atoms with van der Waals surface area (Å²) in [4.78, 5) is 26.0. The molecule has 20 heavy (non-hydrogen) atoms. The van der Waals surface area contributed by atoms with E-state index >= 15 is 0 Å². The largest absolute Gasteiger partial charge is 0.342 e. The van der Waals surface area contributed by atoms with E-state index in [0.29, 0.717) is 0 Å². The van der Waals surface area contributed by atoms with Crippen LogP contribution in [0.3, 0.4) is 0 Å². The molecule has 0 bridgehead atoms. The molecule has 0 radical (unpaired) electrons. The molecule has 2 aliphatic rings. The van der Waals surface area contributed by atoms with E-state index in [2.05, 4.69) is 5.32 Å². The number of rotatable bonds is 3. The second kappa shape index (κ2) is 5.20. The van der Waals surface area contributed by atoms with Gasteiger partial charge in [-0.05, 0) is 18.9 Å². The van der Waals surface area contributed by atoms with Crippen molar-refractivity contribution in [3.63, 3.8) is 0 Å². The molecule has 4 unspecified atom stereocenters. The van der Waals surface area contributed by atoms with E-state index in [-0.39, 0.29) is 23.5 Å². The van der Waals surface area contributed by atoms with Gasteiger partial charge in [-0.3, -0.25) is 9.59 Å². The third kappa shape index (κ3) is 2.59. The number of carbonyl (C=O) groups is 2. The molecule has 1 saturated heterocycles. The van der Waals surface area contributed by atoms with Crippen LogP contribution in [-0.4, -0.2) is 49.0 Å². The van der Waals surface area contributed by atoms with Gasteiger partial charge in [-0.25, -0.2) is 8.42 Å². The molecule has 2 aliphatic heterocycles. The van der Waals surface area contributed by atoms with Crippen molar-refractivity contribution in [2.75, 3.05) is 5.75 Å². The zero-order chi connectivity index (χ0) is 15.1. The van der Waals surface area contributed by atoms with Gasteiger partial charge >= 0.3 is 0 Å². The molecular formula is C13H20N2O4S. The van der Waals surface area contributed by atoms with Crippen molar-refractivity contribution >= 4 is 21.7 Å². The van der Waals surface area contributed by atoms with E-state index in [0.717, 1.165) is 11.8 Å². The highest BCUT2D eigenvalue weighted by Gasteiger charge is 2.44. The van der Waals surface area contributed by atoms with Crippen LogP contribution >= 0.6 is 0 Å². The summed E-state index contributed by atoms with van der Waals surface area (Å²) in [5.74, 6) is -0.543. The van der Waals surface area contributed by atoms with Gasteiger partial charge in [0, 0.05) is 5.41 Å². The van der Waals surface area contributed by atoms with Gasteiger partial charge in [0.15, 0.2) is 9.84 Å². The van der Waals surface area contributed by atoms with Crippen molar-refractivity contribution in [3.05, 3.63) is 11.5 Å². The molecule has 2 amide bonds. The molecule has 2 rings (SSSR count). The van der Waals surface area contributed by atoms with Gasteiger partial charge in [-0.2, -0.15) is 0 Å². The molecular weight excluding hydrogens is 280 g/mol. The lowest BCUT2D eigenvalue weighted by Gasteiger charge is -2.41. The Labute approximate surface area is 119 Å². The van der Waals surface area contributed by atoms with E-state index in [1.807, 2.05) is 13.8 Å². The Morgan fingerprint density at radius 2 is 2.10 bits per heavy atom. The topological polar surface area (TPSA) is 83.6 Å². The van der Waals surface area contributed by atoms with Gasteiger partial charge in [0.2, 0.25) is 11.8 Å². The minimum Gasteiger partial charge on any atom is -0.342 e. The first-order valence-corrected chi connectivity index (χ1v) is 8.52. The highest BCUT2D eigenvalue weighted by atomic mass is 32.2. The van der Waals surface area contributed by atoms with Gasteiger partial charge in [-0.1, -0.05) is 20.3 Å². The van der Waals surface area contributed by atoms with Gasteiger partial charge in [0.05, 0.1) is 11.8 Å². The standard InChI is InChI=1S/C13H20N2O4S/c1-4-8(2)11-13(17)15(9(3)12(16)14-11)10-5-6-20(18,19)7-10/h5-6,8-11H,4,7H2,1-3H3,(H,14,16). The van der Waals surface area contributed by atoms with Crippen molar-refractivity contribution in [2.45, 2.75) is 45.3 Å². The molecule has 112 valence electrons. The highest BCUT2D eigenvalue weighted by Crippen LogP contribution is 2.24. The second-order valence-corrected chi connectivity index (χ2v) is 7.45. The van der Waals surface area contributed by atoms with E-state index in [9.17, 15) is 18.0 Å². The van der Waals surface area contributed by atoms with E-state index < -0.39 is 28.0 Å². The molecule has 0 aliphatic carbocycles. The molecule has 0 aromatic carbocycles. The number of sulfone groups is 1. The molecule has 0 saturated carbocycles. The number of carbonyl (C=O) groups excluding carboxylic acids is 2. The lowest BCUT2D eigenvalue weighted by molar-refractivity contribution is -0.151. The Morgan fingerprint density at radius 1 is 1.45 bits per heavy atom. The zero-order valence-corrected chi connectivity index (χ0v) is 12.7. The summed E-state index contributed by atoms with van der Waals surface area (Å²) in [6, 6.07) is -1.76. The first-order chi connectivity index (χ1) is 9.26. The summed E-state index contributed by atoms with van der Waals surface area (Å²) >= 11 is 0. The Balaban J connectivity index is 2.28. The molecule has 7 heteroatoms. The normalized spacial score (nSPS) is 34.1. The van der Waals surface area contributed by atoms with Gasteiger partial charge < -0.3 is 10.2 Å². The van der Waals surface area contributed by atoms with Crippen LogP contribution in [0.15, 0.2) is 11.5 Å². The SMILES string of the molecule is CCC(C)C1NC(=O)C(C)N(C2C=CS(=O)(=O)C2)C1=O. The van der Waals surface area contributed by atoms with Crippen LogP contribution < -0.4 is 5.32 Å². The number of hydrogen-bond acceptors (Lipinski definition) is 4. The molecule has 0 aromatic heterocycles. The average molecular weight is 300 g/mol. The Kier molecular flexibility index (Phi) is 3.90. The van der Waals surface area contributed by atoms with Crippen LogP contribution in [0.5, 0.6) is 0 Å². The predicted molar refractivity (Wildman–Crippen MR) is 74.4 cm³/mol. The summed E-state index contributed by atoms with van der Waals surface area (Å²) < 4.78 is 23.0. The Hall–Kier alpha value is -1.37. The number of hydrogen-bond donors (Lipinski definition) is 1. The third-order valence-corrected chi connectivity index (χ3v) is 5.47. The molecule has 0 aromatic rings. The summed E-state index contributed by atoms with van der Waals surface area (Å²) in [7, 11) is -3.26. The fourth-order valence-corrected chi connectivity index (χ4v) is 3.90. The molecule has 1 N–H and O–H groups in total. The quantitative estimate of drug-likeness (QED) is 0.799. The van der Waals surface area contributed by atoms with Crippen LogP contribution in [0, 0.1) is 5.92 Å². The van der Waals surface area contributed by atoms with Crippen molar-refractivity contribution in [1.29, 1.82) is 0 Å². The summed E-state index contributed by atoms with van der Waals surface area (Å²) in [6.07, 6.45) is 2.26. The fraction of sp³-hybridized carbons (Fsp3) is 0.692. The monoisotopic (exact) mass is 300 g/mol. The number of nitrogens with one attached hydrogen (secondary N) is 1. The predicted octanol–water partition coefficient (Wildman–Crippen LogP) is 0.0587. The first-order valence-electron chi connectivity index (χ1n) is 6.80. The smallest absolute Gasteiger partial charge is 0.246 e. The van der Waals surface area contributed by atoms with E-state index in [4.69, 9.17) is 0 Å². The highest BCUT2D eigenvalue weighted by molar-refractivity contribution is 7.94. The maximum atomic E-state index is 12.6. The summed E-state index contributed by atoms with van der Waals surface area (Å²) in [6.45, 7) is 5.48. The lowest BCUT2D eigenvalue weighted by Crippen LogP contribution is -2.66. The fourth-order valence-electron chi connectivity index (χ4n) is 2.62. The molecule has 6 nitrogen and oxygen atoms in total. The van der Waals surface area contributed by atoms with Crippen LogP contribution in [0.1, 0.15) is 27.2 Å². The first kappa shape index (κ1) is 15.0. The lowest BCUT2D eigenvalue weighted by atomic mass is 9.93. The molecule has 2 heterocycles. The number of piperazine rings is 1. The summed E-state index contributed by atoms with van der Waals surface area (Å²) in [5, 5.41) is 3.86. The summed E-state index contributed by atoms with van der Waals surface area (Å²) in [5.41, 5.74) is 0. The Morgan fingerprint density at radius 3 is 2.60 bits per heavy atom. The minimum atomic E-state index is -3.26. The van der Waals surface area contributed by atoms with Crippen molar-refractivity contribution < 1.29 is 18.0 Å². The van der Waals surface area contributed by atoms with Crippen molar-refractivity contribution in [1.82, 2.24) is 10.2 Å². The van der Waals surface area contributed by atoms with E-state index in [1.54, 1.807) is 6.92 Å². The second-order valence-electron chi connectivity index (χ2n) is 5.52. The van der Waals surface area contributed by atoms with Crippen LogP contribution in [0.25, 0.3) is 0 Å². The van der Waals surface area contributed by atoms with Gasteiger partial charge in [0.25, 0.3) is 0 Å². The van der Waals surface area contributed by atoms with Gasteiger partial charge in [-0.15, -0.1) is 0 Å². The zero-order valence-electron chi connectivity index (χ0n) is 11.9. The molecule has 1 fully saturated rings. The Bertz CT molecular complexity index is 555. The van der Waals surface area contributed by atoms with Crippen LogP contribution in [0.2, 0.25) is 0 Å². The average Bonchev–Trinajstić information content (AvgIpc) is 2.73. The molecule has 4 atom stereocenters. The van der Waals surface area contributed by atoms with Crippen molar-refractivity contribution in [2.24, 2.45) is 5.92 Å². The minimum absolute atomic E-state index is 0.0171. The van der Waals surface area contributed by atoms with Crippen LogP contribution in [-0.2, 0) is 19.4 Å². The number of nitrogens with zero attached hydrogens (tertiary/aromatic N) is 1. The maximum Gasteiger partial charge on any atom is 0.246 e. The number of amides is 2. The third-order valence-electron chi connectivity index (χ3n) is 4.10. The molecule has 0 spiro atoms. The maximum absolute atomic E-state index is 12.6. The van der Waals surface area contributed by atoms with Gasteiger partial charge in [0.1, 0.15) is 12.1 Å².